The van der Waals surface area contributed by atoms with Crippen LogP contribution in [0.1, 0.15) is 35.9 Å². The summed E-state index contributed by atoms with van der Waals surface area (Å²) in [5.74, 6) is 0.162. The fourth-order valence-corrected chi connectivity index (χ4v) is 2.57. The molecule has 0 fully saturated rings. The number of fused-ring (bicyclic) bond motifs is 1. The van der Waals surface area contributed by atoms with Crippen LogP contribution in [0, 0.1) is 0 Å². The third kappa shape index (κ3) is 2.90. The Morgan fingerprint density at radius 1 is 1.17 bits per heavy atom. The number of hydrogen-bond acceptors (Lipinski definition) is 3. The van der Waals surface area contributed by atoms with E-state index in [1.807, 2.05) is 62.4 Å². The Morgan fingerprint density at radius 3 is 2.57 bits per heavy atom. The molecule has 0 spiro atoms. The Balaban J connectivity index is 2.05. The molecule has 5 nitrogen and oxygen atoms in total. The van der Waals surface area contributed by atoms with Gasteiger partial charge in [0, 0.05) is 11.4 Å². The third-order valence-electron chi connectivity index (χ3n) is 3.65. The first-order valence-corrected chi connectivity index (χ1v) is 7.55. The number of carbonyl (C=O) groups is 1. The number of benzene rings is 2. The van der Waals surface area contributed by atoms with E-state index in [0.29, 0.717) is 12.4 Å². The molecule has 2 aromatic carbocycles. The van der Waals surface area contributed by atoms with Crippen LogP contribution >= 0.6 is 0 Å². The Hall–Kier alpha value is -2.82. The lowest BCUT2D eigenvalue weighted by Crippen LogP contribution is -2.13. The van der Waals surface area contributed by atoms with E-state index in [1.165, 1.54) is 0 Å². The SMILES string of the molecule is CC(C)n1nc(C(N)=O)c2cccc(OCc3ccccc3)c21. The van der Waals surface area contributed by atoms with Gasteiger partial charge in [-0.2, -0.15) is 5.10 Å². The van der Waals surface area contributed by atoms with Crippen molar-refractivity contribution in [2.45, 2.75) is 26.5 Å². The van der Waals surface area contributed by atoms with E-state index in [9.17, 15) is 4.79 Å². The molecule has 1 aromatic heterocycles. The van der Waals surface area contributed by atoms with Gasteiger partial charge >= 0.3 is 0 Å². The molecule has 0 aliphatic rings. The van der Waals surface area contributed by atoms with Crippen LogP contribution in [0.5, 0.6) is 5.75 Å². The molecule has 0 radical (unpaired) electrons. The van der Waals surface area contributed by atoms with E-state index >= 15 is 0 Å². The Kier molecular flexibility index (Phi) is 4.02. The van der Waals surface area contributed by atoms with Gasteiger partial charge in [-0.1, -0.05) is 42.5 Å². The summed E-state index contributed by atoms with van der Waals surface area (Å²) in [6.45, 7) is 4.46. The number of nitrogens with zero attached hydrogens (tertiary/aromatic N) is 2. The molecule has 0 unspecified atom stereocenters. The monoisotopic (exact) mass is 309 g/mol. The summed E-state index contributed by atoms with van der Waals surface area (Å²) in [7, 11) is 0. The lowest BCUT2D eigenvalue weighted by molar-refractivity contribution is 0.0996. The molecule has 118 valence electrons. The van der Waals surface area contributed by atoms with Gasteiger partial charge in [-0.3, -0.25) is 9.48 Å². The van der Waals surface area contributed by atoms with Gasteiger partial charge in [0.1, 0.15) is 17.9 Å². The predicted molar refractivity (Wildman–Crippen MR) is 89.4 cm³/mol. The summed E-state index contributed by atoms with van der Waals surface area (Å²) in [6, 6.07) is 15.6. The highest BCUT2D eigenvalue weighted by Gasteiger charge is 2.19. The van der Waals surface area contributed by atoms with Crippen LogP contribution in [0.15, 0.2) is 48.5 Å². The minimum absolute atomic E-state index is 0.0899. The molecule has 0 atom stereocenters. The van der Waals surface area contributed by atoms with Gasteiger partial charge in [0.25, 0.3) is 5.91 Å². The summed E-state index contributed by atoms with van der Waals surface area (Å²) >= 11 is 0. The zero-order chi connectivity index (χ0) is 16.4. The second-order valence-corrected chi connectivity index (χ2v) is 5.68. The lowest BCUT2D eigenvalue weighted by Gasteiger charge is -2.12. The molecule has 3 aromatic rings. The van der Waals surface area contributed by atoms with Crippen molar-refractivity contribution in [1.82, 2.24) is 9.78 Å². The van der Waals surface area contributed by atoms with Gasteiger partial charge in [0.2, 0.25) is 0 Å². The highest BCUT2D eigenvalue weighted by molar-refractivity contribution is 6.05. The van der Waals surface area contributed by atoms with Crippen LogP contribution < -0.4 is 10.5 Å². The zero-order valence-electron chi connectivity index (χ0n) is 13.2. The highest BCUT2D eigenvalue weighted by Crippen LogP contribution is 2.30. The van der Waals surface area contributed by atoms with Crippen molar-refractivity contribution in [3.8, 4) is 5.75 Å². The average Bonchev–Trinajstić information content (AvgIpc) is 2.94. The molecule has 23 heavy (non-hydrogen) atoms. The smallest absolute Gasteiger partial charge is 0.269 e. The first-order chi connectivity index (χ1) is 11.1. The molecular formula is C18H19N3O2. The van der Waals surface area contributed by atoms with E-state index in [0.717, 1.165) is 16.5 Å². The van der Waals surface area contributed by atoms with E-state index in [4.69, 9.17) is 10.5 Å². The third-order valence-corrected chi connectivity index (χ3v) is 3.65. The van der Waals surface area contributed by atoms with Crippen molar-refractivity contribution in [3.63, 3.8) is 0 Å². The first kappa shape index (κ1) is 15.1. The Morgan fingerprint density at radius 2 is 1.91 bits per heavy atom. The van der Waals surface area contributed by atoms with Gasteiger partial charge in [-0.25, -0.2) is 0 Å². The van der Waals surface area contributed by atoms with E-state index in [2.05, 4.69) is 5.10 Å². The van der Waals surface area contributed by atoms with Crippen LogP contribution in [0.25, 0.3) is 10.9 Å². The maximum Gasteiger partial charge on any atom is 0.269 e. The molecular weight excluding hydrogens is 290 g/mol. The van der Waals surface area contributed by atoms with Gasteiger partial charge in [0.05, 0.1) is 0 Å². The molecule has 0 aliphatic carbocycles. The second kappa shape index (κ2) is 6.12. The normalized spacial score (nSPS) is 11.1. The molecule has 0 bridgehead atoms. The highest BCUT2D eigenvalue weighted by atomic mass is 16.5. The van der Waals surface area contributed by atoms with Crippen LogP contribution in [-0.4, -0.2) is 15.7 Å². The summed E-state index contributed by atoms with van der Waals surface area (Å²) in [5.41, 5.74) is 7.61. The Labute approximate surface area is 134 Å². The van der Waals surface area contributed by atoms with Crippen molar-refractivity contribution < 1.29 is 9.53 Å². The first-order valence-electron chi connectivity index (χ1n) is 7.55. The van der Waals surface area contributed by atoms with Gasteiger partial charge in [-0.05, 0) is 25.5 Å². The molecule has 0 saturated carbocycles. The zero-order valence-corrected chi connectivity index (χ0v) is 13.2. The van der Waals surface area contributed by atoms with Crippen LogP contribution in [0.3, 0.4) is 0 Å². The van der Waals surface area contributed by atoms with Crippen LogP contribution in [0.2, 0.25) is 0 Å². The van der Waals surface area contributed by atoms with Gasteiger partial charge in [0.15, 0.2) is 5.69 Å². The van der Waals surface area contributed by atoms with Crippen molar-refractivity contribution in [2.24, 2.45) is 5.73 Å². The number of nitrogens with two attached hydrogens (primary N) is 1. The van der Waals surface area contributed by atoms with Crippen molar-refractivity contribution >= 4 is 16.8 Å². The van der Waals surface area contributed by atoms with Crippen LogP contribution in [0.4, 0.5) is 0 Å². The molecule has 0 aliphatic heterocycles. The number of para-hydroxylation sites is 1. The van der Waals surface area contributed by atoms with Crippen molar-refractivity contribution in [3.05, 3.63) is 59.8 Å². The van der Waals surface area contributed by atoms with Crippen molar-refractivity contribution in [2.75, 3.05) is 0 Å². The summed E-state index contributed by atoms with van der Waals surface area (Å²) in [4.78, 5) is 11.6. The minimum Gasteiger partial charge on any atom is -0.487 e. The number of amides is 1. The Bertz CT molecular complexity index is 838. The summed E-state index contributed by atoms with van der Waals surface area (Å²) in [5, 5.41) is 5.09. The topological polar surface area (TPSA) is 70.1 Å². The van der Waals surface area contributed by atoms with Gasteiger partial charge < -0.3 is 10.5 Å². The number of aromatic nitrogens is 2. The molecule has 1 amide bonds. The quantitative estimate of drug-likeness (QED) is 0.786. The molecule has 3 rings (SSSR count). The van der Waals surface area contributed by atoms with Crippen molar-refractivity contribution in [1.29, 1.82) is 0 Å². The number of hydrogen-bond donors (Lipinski definition) is 1. The molecule has 1 heterocycles. The van der Waals surface area contributed by atoms with E-state index < -0.39 is 5.91 Å². The maximum absolute atomic E-state index is 11.6. The standard InChI is InChI=1S/C18H19N3O2/c1-12(2)21-17-14(16(20-21)18(19)22)9-6-10-15(17)23-11-13-7-4-3-5-8-13/h3-10,12H,11H2,1-2H3,(H2,19,22). The number of rotatable bonds is 5. The average molecular weight is 309 g/mol. The summed E-state index contributed by atoms with van der Waals surface area (Å²) in [6.07, 6.45) is 0. The summed E-state index contributed by atoms with van der Waals surface area (Å²) < 4.78 is 7.76. The lowest BCUT2D eigenvalue weighted by atomic mass is 10.2. The fourth-order valence-electron chi connectivity index (χ4n) is 2.57. The molecule has 5 heteroatoms. The van der Waals surface area contributed by atoms with E-state index in [-0.39, 0.29) is 11.7 Å². The largest absolute Gasteiger partial charge is 0.487 e. The van der Waals surface area contributed by atoms with Gasteiger partial charge in [-0.15, -0.1) is 0 Å². The minimum atomic E-state index is -0.533. The number of carbonyl (C=O) groups excluding carboxylic acids is 1. The van der Waals surface area contributed by atoms with Crippen LogP contribution in [-0.2, 0) is 6.61 Å². The molecule has 2 N–H and O–H groups in total. The van der Waals surface area contributed by atoms with E-state index in [1.54, 1.807) is 4.68 Å². The predicted octanol–water partition coefficient (Wildman–Crippen LogP) is 3.30. The fraction of sp³-hybridized carbons (Fsp3) is 0.222. The maximum atomic E-state index is 11.6. The number of ether oxygens (including phenoxy) is 1. The number of primary amides is 1. The second-order valence-electron chi connectivity index (χ2n) is 5.68. The molecule has 0 saturated heterocycles.